The van der Waals surface area contributed by atoms with Crippen LogP contribution in [0.2, 0.25) is 10.0 Å². The van der Waals surface area contributed by atoms with Gasteiger partial charge in [-0.3, -0.25) is 4.79 Å². The lowest BCUT2D eigenvalue weighted by molar-refractivity contribution is -0.119. The zero-order chi connectivity index (χ0) is 25.6. The molecular weight excluding hydrogens is 503 g/mol. The van der Waals surface area contributed by atoms with Gasteiger partial charge in [0.05, 0.1) is 13.2 Å². The molecule has 36 heavy (non-hydrogen) atoms. The van der Waals surface area contributed by atoms with Crippen LogP contribution in [0.25, 0.3) is 5.82 Å². The molecule has 1 saturated heterocycles. The fraction of sp³-hybridized carbons (Fsp3) is 0.400. The number of carbonyl (C=O) groups excluding carboxylic acids is 1. The number of hydrogen-bond donors (Lipinski definition) is 3. The first-order valence-electron chi connectivity index (χ1n) is 11.8. The molecule has 0 unspecified atom stereocenters. The highest BCUT2D eigenvalue weighted by Gasteiger charge is 2.09. The van der Waals surface area contributed by atoms with E-state index in [9.17, 15) is 4.79 Å². The average molecular weight is 535 g/mol. The van der Waals surface area contributed by atoms with Gasteiger partial charge in [0, 0.05) is 61.9 Å². The Balaban J connectivity index is 0.000000526. The number of carbonyl (C=O) groups is 1. The zero-order valence-electron chi connectivity index (χ0n) is 20.3. The summed E-state index contributed by atoms with van der Waals surface area (Å²) in [7, 11) is 1.63. The predicted octanol–water partition coefficient (Wildman–Crippen LogP) is 4.55. The van der Waals surface area contributed by atoms with E-state index in [-0.39, 0.29) is 12.5 Å². The van der Waals surface area contributed by atoms with Crippen LogP contribution in [0.1, 0.15) is 24.8 Å². The number of nitrogens with one attached hydrogen (secondary N) is 3. The monoisotopic (exact) mass is 534 g/mol. The quantitative estimate of drug-likeness (QED) is 0.328. The van der Waals surface area contributed by atoms with Gasteiger partial charge >= 0.3 is 0 Å². The van der Waals surface area contributed by atoms with Gasteiger partial charge in [-0.1, -0.05) is 29.3 Å². The number of aromatic nitrogens is 3. The Bertz CT molecular complexity index is 1070. The number of anilines is 2. The molecule has 1 fully saturated rings. The van der Waals surface area contributed by atoms with Crippen LogP contribution in [-0.4, -0.2) is 60.5 Å². The average Bonchev–Trinajstić information content (AvgIpc) is 3.44. The van der Waals surface area contributed by atoms with E-state index >= 15 is 0 Å². The van der Waals surface area contributed by atoms with E-state index in [1.165, 1.54) is 19.3 Å². The summed E-state index contributed by atoms with van der Waals surface area (Å²) in [6.07, 6.45) is 7.70. The minimum Gasteiger partial charge on any atom is -0.383 e. The van der Waals surface area contributed by atoms with Gasteiger partial charge in [0.1, 0.15) is 11.6 Å². The topological polar surface area (TPSA) is 102 Å². The highest BCUT2D eigenvalue weighted by atomic mass is 35.5. The van der Waals surface area contributed by atoms with Crippen LogP contribution in [0.15, 0.2) is 48.8 Å². The normalized spacial score (nSPS) is 12.9. The molecule has 4 rings (SSSR count). The molecule has 1 amide bonds. The molecule has 0 spiro atoms. The van der Waals surface area contributed by atoms with Gasteiger partial charge in [-0.15, -0.1) is 0 Å². The lowest BCUT2D eigenvalue weighted by atomic mass is 10.2. The molecule has 9 nitrogen and oxygen atoms in total. The first-order valence-corrected chi connectivity index (χ1v) is 12.6. The van der Waals surface area contributed by atoms with Gasteiger partial charge < -0.3 is 30.0 Å². The Labute approximate surface area is 221 Å². The second kappa shape index (κ2) is 15.3. The number of hydrogen-bond acceptors (Lipinski definition) is 7. The van der Waals surface area contributed by atoms with E-state index in [1.807, 2.05) is 29.1 Å². The van der Waals surface area contributed by atoms with Gasteiger partial charge in [-0.05, 0) is 49.1 Å². The fourth-order valence-corrected chi connectivity index (χ4v) is 3.74. The van der Waals surface area contributed by atoms with Crippen LogP contribution in [-0.2, 0) is 20.8 Å². The van der Waals surface area contributed by atoms with Crippen molar-refractivity contribution in [2.24, 2.45) is 0 Å². The summed E-state index contributed by atoms with van der Waals surface area (Å²) >= 11 is 12.0. The summed E-state index contributed by atoms with van der Waals surface area (Å²) in [4.78, 5) is 21.2. The van der Waals surface area contributed by atoms with Crippen LogP contribution >= 0.6 is 23.2 Å². The lowest BCUT2D eigenvalue weighted by Crippen LogP contribution is -2.29. The third kappa shape index (κ3) is 9.66. The second-order valence-corrected chi connectivity index (χ2v) is 8.83. The summed E-state index contributed by atoms with van der Waals surface area (Å²) in [6.45, 7) is 3.44. The molecule has 0 radical (unpaired) electrons. The summed E-state index contributed by atoms with van der Waals surface area (Å²) in [5, 5.41) is 10.0. The van der Waals surface area contributed by atoms with Crippen molar-refractivity contribution in [3.8, 4) is 5.82 Å². The molecular formula is C25H32Cl2N6O3. The molecule has 0 saturated carbocycles. The molecule has 11 heteroatoms. The molecule has 3 N–H and O–H groups in total. The van der Waals surface area contributed by atoms with Crippen molar-refractivity contribution in [2.75, 3.05) is 50.7 Å². The maximum Gasteiger partial charge on any atom is 0.239 e. The summed E-state index contributed by atoms with van der Waals surface area (Å²) < 4.78 is 12.0. The SMILES string of the molecule is C1CCOCC1.COCCNc1nc(NCC(=O)NCc2ccc(Cl)cc2Cl)cc(-n2cccc2)n1. The van der Waals surface area contributed by atoms with E-state index in [1.54, 1.807) is 31.4 Å². The van der Waals surface area contributed by atoms with Crippen LogP contribution in [0.5, 0.6) is 0 Å². The van der Waals surface area contributed by atoms with E-state index in [0.29, 0.717) is 47.3 Å². The number of rotatable bonds is 10. The highest BCUT2D eigenvalue weighted by Crippen LogP contribution is 2.20. The molecule has 0 aliphatic carbocycles. The number of benzene rings is 1. The van der Waals surface area contributed by atoms with E-state index in [2.05, 4.69) is 25.9 Å². The third-order valence-electron chi connectivity index (χ3n) is 5.17. The van der Waals surface area contributed by atoms with Gasteiger partial charge in [0.25, 0.3) is 0 Å². The summed E-state index contributed by atoms with van der Waals surface area (Å²) in [6, 6.07) is 10.7. The number of methoxy groups -OCH3 is 1. The van der Waals surface area contributed by atoms with Gasteiger partial charge in [0.2, 0.25) is 11.9 Å². The van der Waals surface area contributed by atoms with Crippen molar-refractivity contribution in [3.05, 3.63) is 64.4 Å². The third-order valence-corrected chi connectivity index (χ3v) is 5.76. The molecule has 3 heterocycles. The van der Waals surface area contributed by atoms with Crippen molar-refractivity contribution in [3.63, 3.8) is 0 Å². The van der Waals surface area contributed by atoms with E-state index < -0.39 is 0 Å². The second-order valence-electron chi connectivity index (χ2n) is 7.98. The predicted molar refractivity (Wildman–Crippen MR) is 143 cm³/mol. The lowest BCUT2D eigenvalue weighted by Gasteiger charge is -2.12. The van der Waals surface area contributed by atoms with Crippen molar-refractivity contribution in [1.29, 1.82) is 0 Å². The molecule has 3 aromatic rings. The van der Waals surface area contributed by atoms with Crippen LogP contribution in [0.3, 0.4) is 0 Å². The van der Waals surface area contributed by atoms with Crippen LogP contribution in [0.4, 0.5) is 11.8 Å². The van der Waals surface area contributed by atoms with Gasteiger partial charge in [0.15, 0.2) is 0 Å². The molecule has 2 aromatic heterocycles. The molecule has 1 aromatic carbocycles. The van der Waals surface area contributed by atoms with E-state index in [0.717, 1.165) is 18.8 Å². The van der Waals surface area contributed by atoms with Crippen LogP contribution < -0.4 is 16.0 Å². The Morgan fingerprint density at radius 3 is 2.50 bits per heavy atom. The van der Waals surface area contributed by atoms with E-state index in [4.69, 9.17) is 32.7 Å². The first-order chi connectivity index (χ1) is 17.5. The summed E-state index contributed by atoms with van der Waals surface area (Å²) in [5.41, 5.74) is 0.788. The van der Waals surface area contributed by atoms with Crippen molar-refractivity contribution < 1.29 is 14.3 Å². The molecule has 194 valence electrons. The maximum atomic E-state index is 12.3. The first kappa shape index (κ1) is 27.7. The maximum absolute atomic E-state index is 12.3. The summed E-state index contributed by atoms with van der Waals surface area (Å²) in [5.74, 6) is 1.43. The number of nitrogens with zero attached hydrogens (tertiary/aromatic N) is 3. The van der Waals surface area contributed by atoms with Gasteiger partial charge in [-0.2, -0.15) is 9.97 Å². The minimum absolute atomic E-state index is 0.0465. The highest BCUT2D eigenvalue weighted by molar-refractivity contribution is 6.35. The number of ether oxygens (including phenoxy) is 2. The van der Waals surface area contributed by atoms with Crippen LogP contribution in [0, 0.1) is 0 Å². The standard InChI is InChI=1S/C20H22Cl2N6O2.C5H10O/c1-30-9-6-23-20-26-17(11-18(27-20)28-7-2-3-8-28)24-13-19(29)25-12-14-4-5-15(21)10-16(14)22;1-2-4-6-5-3-1/h2-5,7-8,10-11H,6,9,12-13H2,1H3,(H,25,29)(H2,23,24,26,27);1-5H2. The van der Waals surface area contributed by atoms with Crippen molar-refractivity contribution in [1.82, 2.24) is 19.9 Å². The Morgan fingerprint density at radius 1 is 1.08 bits per heavy atom. The smallest absolute Gasteiger partial charge is 0.239 e. The number of amides is 1. The minimum atomic E-state index is -0.198. The largest absolute Gasteiger partial charge is 0.383 e. The Morgan fingerprint density at radius 2 is 1.86 bits per heavy atom. The zero-order valence-corrected chi connectivity index (χ0v) is 21.8. The van der Waals surface area contributed by atoms with Crippen molar-refractivity contribution in [2.45, 2.75) is 25.8 Å². The molecule has 0 bridgehead atoms. The van der Waals surface area contributed by atoms with Crippen molar-refractivity contribution >= 4 is 40.9 Å². The molecule has 1 aliphatic rings. The molecule has 1 aliphatic heterocycles. The Kier molecular flexibility index (Phi) is 11.8. The fourth-order valence-electron chi connectivity index (χ4n) is 3.27. The molecule has 0 atom stereocenters. The van der Waals surface area contributed by atoms with Gasteiger partial charge in [-0.25, -0.2) is 0 Å². The number of halogens is 2. The Hall–Kier alpha value is -2.85.